The van der Waals surface area contributed by atoms with Gasteiger partial charge in [-0.15, -0.1) is 0 Å². The molecule has 0 unspecified atom stereocenters. The number of rotatable bonds is 4. The van der Waals surface area contributed by atoms with E-state index in [1.807, 2.05) is 12.1 Å². The van der Waals surface area contributed by atoms with Crippen LogP contribution >= 0.6 is 0 Å². The van der Waals surface area contributed by atoms with Crippen molar-refractivity contribution in [3.8, 4) is 0 Å². The van der Waals surface area contributed by atoms with Crippen LogP contribution in [0, 0.1) is 0 Å². The first-order chi connectivity index (χ1) is 13.7. The van der Waals surface area contributed by atoms with E-state index in [9.17, 15) is 0 Å². The molecule has 2 aliphatic heterocycles. The number of amidine groups is 2. The van der Waals surface area contributed by atoms with Crippen molar-refractivity contribution < 1.29 is 0 Å². The lowest BCUT2D eigenvalue weighted by Crippen LogP contribution is -2.34. The molecule has 0 saturated heterocycles. The summed E-state index contributed by atoms with van der Waals surface area (Å²) >= 11 is 0. The van der Waals surface area contributed by atoms with Crippen LogP contribution in [-0.4, -0.2) is 11.7 Å². The molecule has 0 radical (unpaired) electrons. The van der Waals surface area contributed by atoms with E-state index in [-0.39, 0.29) is 0 Å². The van der Waals surface area contributed by atoms with E-state index < -0.39 is 0 Å². The lowest BCUT2D eigenvalue weighted by Gasteiger charge is -2.20. The van der Waals surface area contributed by atoms with Gasteiger partial charge < -0.3 is 10.6 Å². The van der Waals surface area contributed by atoms with Crippen molar-refractivity contribution in [2.45, 2.75) is 12.8 Å². The van der Waals surface area contributed by atoms with Crippen molar-refractivity contribution in [2.24, 2.45) is 9.98 Å². The van der Waals surface area contributed by atoms with Crippen LogP contribution in [0.5, 0.6) is 0 Å². The predicted molar refractivity (Wildman–Crippen MR) is 120 cm³/mol. The van der Waals surface area contributed by atoms with Crippen LogP contribution in [0.25, 0.3) is 23.0 Å². The molecule has 2 heterocycles. The van der Waals surface area contributed by atoms with Gasteiger partial charge in [0.15, 0.2) is 0 Å². The van der Waals surface area contributed by atoms with Crippen LogP contribution in [0.2, 0.25) is 0 Å². The summed E-state index contributed by atoms with van der Waals surface area (Å²) in [4.78, 5) is 9.58. The Bertz CT molecular complexity index is 1290. The first-order valence-corrected chi connectivity index (χ1v) is 9.38. The fourth-order valence-corrected chi connectivity index (χ4v) is 3.86. The van der Waals surface area contributed by atoms with Crippen LogP contribution in [0.1, 0.15) is 12.8 Å². The number of aliphatic imine (C=N–C) groups is 2. The number of hydrogen-bond donors (Lipinski definition) is 2. The summed E-state index contributed by atoms with van der Waals surface area (Å²) in [6, 6.07) is 18.6. The molecule has 0 saturated carbocycles. The Morgan fingerprint density at radius 2 is 1.50 bits per heavy atom. The molecule has 28 heavy (non-hydrogen) atoms. The largest absolute Gasteiger partial charge is 0.343 e. The summed E-state index contributed by atoms with van der Waals surface area (Å²) in [5.41, 5.74) is 4.02. The van der Waals surface area contributed by atoms with Crippen molar-refractivity contribution in [2.75, 3.05) is 10.6 Å². The van der Waals surface area contributed by atoms with Crippen molar-refractivity contribution in [1.29, 1.82) is 0 Å². The average molecular weight is 364 g/mol. The molecule has 0 aliphatic carbocycles. The second-order valence-corrected chi connectivity index (χ2v) is 6.98. The third-order valence-corrected chi connectivity index (χ3v) is 5.15. The molecular formula is C24H20N4. The third kappa shape index (κ3) is 2.70. The standard InChI is InChI=1S/C24H20N4/c1-3-17-23-15(2)7-4-10-18(23)26-21(25-17)13-14-22-27-19-11-5-8-16-9-6-12-20(28-22)24(16)19/h3-12H,1-2,13-14H2,(H,25,26)(H,27,28). The van der Waals surface area contributed by atoms with E-state index in [1.165, 1.54) is 10.8 Å². The number of nitrogens with one attached hydrogen (secondary N) is 2. The Morgan fingerprint density at radius 1 is 0.821 bits per heavy atom. The monoisotopic (exact) mass is 364 g/mol. The highest BCUT2D eigenvalue weighted by Gasteiger charge is 2.16. The molecular weight excluding hydrogens is 344 g/mol. The second kappa shape index (κ2) is 6.50. The van der Waals surface area contributed by atoms with Gasteiger partial charge in [0.25, 0.3) is 0 Å². The smallest absolute Gasteiger partial charge is 0.107 e. The quantitative estimate of drug-likeness (QED) is 0.725. The van der Waals surface area contributed by atoms with Gasteiger partial charge in [-0.2, -0.15) is 0 Å². The maximum Gasteiger partial charge on any atom is 0.107 e. The van der Waals surface area contributed by atoms with Gasteiger partial charge in [0.05, 0.1) is 11.4 Å². The molecule has 0 bridgehead atoms. The van der Waals surface area contributed by atoms with Crippen LogP contribution in [0.3, 0.4) is 0 Å². The summed E-state index contributed by atoms with van der Waals surface area (Å²) in [6.07, 6.45) is 3.31. The Labute approximate surface area is 163 Å². The topological polar surface area (TPSA) is 48.8 Å². The highest BCUT2D eigenvalue weighted by atomic mass is 15.0. The molecule has 3 aromatic rings. The zero-order chi connectivity index (χ0) is 19.1. The van der Waals surface area contributed by atoms with Gasteiger partial charge in [-0.05, 0) is 34.9 Å². The fraction of sp³-hybridized carbons (Fsp3) is 0.0833. The number of benzene rings is 3. The van der Waals surface area contributed by atoms with Crippen LogP contribution in [0.15, 0.2) is 77.2 Å². The molecule has 3 aromatic carbocycles. The van der Waals surface area contributed by atoms with Crippen molar-refractivity contribution in [1.82, 2.24) is 0 Å². The molecule has 0 aromatic heterocycles. The van der Waals surface area contributed by atoms with Gasteiger partial charge in [-0.25, -0.2) is 9.98 Å². The van der Waals surface area contributed by atoms with E-state index in [0.29, 0.717) is 0 Å². The Kier molecular flexibility index (Phi) is 3.83. The number of anilines is 2. The number of nitrogens with zero attached hydrogens (tertiary/aromatic N) is 2. The average Bonchev–Trinajstić information content (AvgIpc) is 2.72. The molecule has 2 aliphatic rings. The summed E-state index contributed by atoms with van der Waals surface area (Å²) in [5, 5.41) is 11.3. The lowest BCUT2D eigenvalue weighted by molar-refractivity contribution is 1.11. The van der Waals surface area contributed by atoms with E-state index in [4.69, 9.17) is 9.98 Å². The van der Waals surface area contributed by atoms with E-state index in [1.54, 1.807) is 6.08 Å². The zero-order valence-corrected chi connectivity index (χ0v) is 15.5. The van der Waals surface area contributed by atoms with E-state index >= 15 is 0 Å². The molecule has 2 N–H and O–H groups in total. The normalized spacial score (nSPS) is 14.5. The van der Waals surface area contributed by atoms with Gasteiger partial charge in [0.1, 0.15) is 11.7 Å². The molecule has 0 amide bonds. The van der Waals surface area contributed by atoms with Crippen LogP contribution < -0.4 is 21.1 Å². The van der Waals surface area contributed by atoms with Gasteiger partial charge in [0.2, 0.25) is 0 Å². The van der Waals surface area contributed by atoms with Crippen molar-refractivity contribution >= 4 is 51.8 Å². The van der Waals surface area contributed by atoms with E-state index in [2.05, 4.69) is 66.3 Å². The molecule has 4 heteroatoms. The second-order valence-electron chi connectivity index (χ2n) is 6.98. The minimum Gasteiger partial charge on any atom is -0.343 e. The maximum atomic E-state index is 4.83. The molecule has 4 nitrogen and oxygen atoms in total. The summed E-state index contributed by atoms with van der Waals surface area (Å²) in [5.74, 6) is 1.86. The van der Waals surface area contributed by atoms with Gasteiger partial charge >= 0.3 is 0 Å². The summed E-state index contributed by atoms with van der Waals surface area (Å²) in [7, 11) is 0. The maximum absolute atomic E-state index is 4.83. The predicted octanol–water partition coefficient (Wildman–Crippen LogP) is 4.30. The number of hydrogen-bond acceptors (Lipinski definition) is 4. The minimum absolute atomic E-state index is 0.752. The van der Waals surface area contributed by atoms with Gasteiger partial charge in [-0.3, -0.25) is 0 Å². The Hall–Kier alpha value is -3.66. The SMILES string of the molecule is C=CC1=c2c(cccc2=C)NC(CCC2=Nc3cccc4cccc(c34)N2)=N1. The molecule has 0 atom stereocenters. The van der Waals surface area contributed by atoms with Crippen molar-refractivity contribution in [3.05, 3.63) is 77.7 Å². The van der Waals surface area contributed by atoms with Crippen LogP contribution in [0.4, 0.5) is 17.1 Å². The highest BCUT2D eigenvalue weighted by Crippen LogP contribution is 2.35. The van der Waals surface area contributed by atoms with Gasteiger partial charge in [0, 0.05) is 34.8 Å². The lowest BCUT2D eigenvalue weighted by atomic mass is 10.0. The third-order valence-electron chi connectivity index (χ3n) is 5.15. The first kappa shape index (κ1) is 16.5. The fourth-order valence-electron chi connectivity index (χ4n) is 3.86. The van der Waals surface area contributed by atoms with E-state index in [0.717, 1.165) is 57.7 Å². The molecule has 0 spiro atoms. The minimum atomic E-state index is 0.752. The highest BCUT2D eigenvalue weighted by molar-refractivity contribution is 6.14. The molecule has 136 valence electrons. The number of fused-ring (bicyclic) bond motifs is 1. The summed E-state index contributed by atoms with van der Waals surface area (Å²) < 4.78 is 0. The van der Waals surface area contributed by atoms with Crippen LogP contribution in [-0.2, 0) is 0 Å². The zero-order valence-electron chi connectivity index (χ0n) is 15.5. The van der Waals surface area contributed by atoms with Crippen molar-refractivity contribution in [3.63, 3.8) is 0 Å². The Balaban J connectivity index is 1.43. The first-order valence-electron chi connectivity index (χ1n) is 9.38. The molecule has 0 fully saturated rings. The van der Waals surface area contributed by atoms with Gasteiger partial charge in [-0.1, -0.05) is 49.6 Å². The Morgan fingerprint density at radius 3 is 2.32 bits per heavy atom. The summed E-state index contributed by atoms with van der Waals surface area (Å²) in [6.45, 7) is 8.03. The molecule has 5 rings (SSSR count).